The number of allylic oxidation sites excluding steroid dienone is 2. The van der Waals surface area contributed by atoms with Gasteiger partial charge in [0.05, 0.1) is 0 Å². The molecule has 0 amide bonds. The molecule has 0 N–H and O–H groups in total. The fourth-order valence-corrected chi connectivity index (χ4v) is 13.0. The first kappa shape index (κ1) is 17.6. The molecule has 0 bridgehead atoms. The van der Waals surface area contributed by atoms with Crippen LogP contribution in [0.25, 0.3) is 0 Å². The number of rotatable bonds is 5. The van der Waals surface area contributed by atoms with Crippen molar-refractivity contribution >= 4 is 37.1 Å². The predicted octanol–water partition coefficient (Wildman–Crippen LogP) is 1.71. The molecule has 0 spiro atoms. The van der Waals surface area contributed by atoms with Gasteiger partial charge < -0.3 is 0 Å². The van der Waals surface area contributed by atoms with E-state index in [9.17, 15) is 0 Å². The van der Waals surface area contributed by atoms with Gasteiger partial charge in [-0.25, -0.2) is 0 Å². The van der Waals surface area contributed by atoms with E-state index in [2.05, 4.69) is 28.9 Å². The van der Waals surface area contributed by atoms with E-state index in [4.69, 9.17) is 17.0 Å². The molecule has 0 radical (unpaired) electrons. The van der Waals surface area contributed by atoms with Gasteiger partial charge in [-0.3, -0.25) is 0 Å². The second-order valence-corrected chi connectivity index (χ2v) is 13.1. The third-order valence-electron chi connectivity index (χ3n) is 3.79. The molecule has 1 aliphatic heterocycles. The molecule has 4 atom stereocenters. The minimum absolute atomic E-state index is 0.150. The molecule has 2 rings (SSSR count). The maximum atomic E-state index is 5.79. The Bertz CT molecular complexity index is 368. The van der Waals surface area contributed by atoms with E-state index in [0.29, 0.717) is 11.4 Å². The summed E-state index contributed by atoms with van der Waals surface area (Å²) in [5.41, 5.74) is 1.44. The van der Waals surface area contributed by atoms with E-state index >= 15 is 0 Å². The van der Waals surface area contributed by atoms with E-state index in [-0.39, 0.29) is 19.8 Å². The van der Waals surface area contributed by atoms with Crippen molar-refractivity contribution in [2.24, 2.45) is 5.92 Å². The molecule has 1 saturated carbocycles. The maximum absolute atomic E-state index is 5.79. The Balaban J connectivity index is 1.83. The first-order valence-corrected chi connectivity index (χ1v) is 13.3. The van der Waals surface area contributed by atoms with Crippen molar-refractivity contribution in [1.29, 1.82) is 0 Å². The fraction of sp³-hybridized carbons (Fsp3) is 0.800. The normalized spacial score (nSPS) is 34.5. The van der Waals surface area contributed by atoms with Crippen molar-refractivity contribution in [1.82, 2.24) is 0 Å². The third kappa shape index (κ3) is 5.14. The molecule has 0 aromatic carbocycles. The van der Waals surface area contributed by atoms with Crippen molar-refractivity contribution in [3.05, 3.63) is 11.6 Å². The molecule has 3 unspecified atom stereocenters. The second-order valence-electron chi connectivity index (χ2n) is 5.73. The van der Waals surface area contributed by atoms with Crippen molar-refractivity contribution in [2.75, 3.05) is 12.9 Å². The van der Waals surface area contributed by atoms with Crippen molar-refractivity contribution < 1.29 is 24.6 Å². The van der Waals surface area contributed by atoms with E-state index in [0.717, 1.165) is 9.84 Å². The van der Waals surface area contributed by atoms with Crippen LogP contribution >= 0.6 is 32.9 Å². The van der Waals surface area contributed by atoms with Crippen LogP contribution < -0.4 is 19.8 Å². The van der Waals surface area contributed by atoms with Gasteiger partial charge in [-0.2, -0.15) is 0 Å². The minimum atomic E-state index is 0.150. The average Bonchev–Trinajstić information content (AvgIpc) is 2.82. The van der Waals surface area contributed by atoms with Crippen LogP contribution in [0.4, 0.5) is 0 Å². The molecule has 2 aliphatic rings. The first-order valence-electron chi connectivity index (χ1n) is 7.23. The first-order chi connectivity index (χ1) is 9.60. The van der Waals surface area contributed by atoms with Gasteiger partial charge in [-0.15, -0.1) is 0 Å². The third-order valence-corrected chi connectivity index (χ3v) is 13.3. The monoisotopic (exact) mass is 443 g/mol. The van der Waals surface area contributed by atoms with Crippen molar-refractivity contribution in [2.45, 2.75) is 54.8 Å². The Morgan fingerprint density at radius 3 is 2.80 bits per heavy atom. The van der Waals surface area contributed by atoms with Gasteiger partial charge in [0.25, 0.3) is 0 Å². The van der Waals surface area contributed by atoms with Crippen LogP contribution in [0.15, 0.2) is 11.6 Å². The summed E-state index contributed by atoms with van der Waals surface area (Å²) in [5, 5.41) is 0.711. The summed E-state index contributed by atoms with van der Waals surface area (Å²) in [7, 11) is 4.10. The van der Waals surface area contributed by atoms with Crippen LogP contribution in [0.5, 0.6) is 0 Å². The Morgan fingerprint density at radius 1 is 1.40 bits per heavy atom. The van der Waals surface area contributed by atoms with Crippen LogP contribution in [0.2, 0.25) is 0 Å². The Morgan fingerprint density at radius 2 is 2.20 bits per heavy atom. The number of halogens is 1. The molecule has 1 aliphatic carbocycles. The average molecular weight is 443 g/mol. The molecule has 5 heteroatoms. The fourth-order valence-electron chi connectivity index (χ4n) is 2.79. The standard InChI is InChI=1S/C15H24IOS3/c1-10(2)8-11-4-5-14(13(9-11)17-3)20-16-12-6-7-19-15(12)18/h8,11-14H,4-7,9H2,1-3H3/q-1/t11?,12?,13-,14?/m1/s1. The van der Waals surface area contributed by atoms with E-state index < -0.39 is 0 Å². The number of methoxy groups -OCH3 is 1. The zero-order valence-corrected chi connectivity index (χ0v) is 17.0. The van der Waals surface area contributed by atoms with E-state index in [1.165, 1.54) is 41.2 Å². The molecule has 0 aromatic heterocycles. The van der Waals surface area contributed by atoms with E-state index in [1.807, 2.05) is 18.9 Å². The van der Waals surface area contributed by atoms with Crippen LogP contribution in [0.1, 0.15) is 39.5 Å². The van der Waals surface area contributed by atoms with Crippen LogP contribution in [0.3, 0.4) is 0 Å². The molecule has 1 heterocycles. The molecule has 1 nitrogen and oxygen atoms in total. The molecule has 0 aromatic rings. The van der Waals surface area contributed by atoms with Gasteiger partial charge in [0.2, 0.25) is 0 Å². The summed E-state index contributed by atoms with van der Waals surface area (Å²) in [6.07, 6.45) is 8.05. The number of thiocarbonyl (C=S) groups is 1. The number of alkyl halides is 1. The second kappa shape index (κ2) is 8.75. The number of hydrogen-bond acceptors (Lipinski definition) is 4. The van der Waals surface area contributed by atoms with Gasteiger partial charge in [0, 0.05) is 0 Å². The van der Waals surface area contributed by atoms with Crippen LogP contribution in [-0.4, -0.2) is 32.3 Å². The number of thioether (sulfide) groups is 1. The molecule has 20 heavy (non-hydrogen) atoms. The number of ether oxygens (including phenoxy) is 1. The van der Waals surface area contributed by atoms with Gasteiger partial charge in [-0.05, 0) is 0 Å². The molecular weight excluding hydrogens is 419 g/mol. The van der Waals surface area contributed by atoms with Crippen molar-refractivity contribution in [3.8, 4) is 0 Å². The Kier molecular flexibility index (Phi) is 7.69. The SMILES string of the molecule is CO[C@@H]1CC(C=C(C)C)CCC1S[I-]C1CCSC1=S. The summed E-state index contributed by atoms with van der Waals surface area (Å²) < 4.78 is 7.85. The molecule has 2 fully saturated rings. The Hall–Kier alpha value is 1.22. The van der Waals surface area contributed by atoms with Gasteiger partial charge in [-0.1, -0.05) is 0 Å². The summed E-state index contributed by atoms with van der Waals surface area (Å²) in [6.45, 7) is 4.40. The molecular formula is C15H24IOS3-. The number of hydrogen-bond donors (Lipinski definition) is 0. The van der Waals surface area contributed by atoms with Gasteiger partial charge in [0.1, 0.15) is 0 Å². The van der Waals surface area contributed by atoms with Crippen LogP contribution in [0, 0.1) is 5.92 Å². The molecule has 116 valence electrons. The van der Waals surface area contributed by atoms with Crippen molar-refractivity contribution in [3.63, 3.8) is 0 Å². The quantitative estimate of drug-likeness (QED) is 0.277. The Labute approximate surface area is 146 Å². The zero-order valence-electron chi connectivity index (χ0n) is 12.4. The van der Waals surface area contributed by atoms with Gasteiger partial charge >= 0.3 is 147 Å². The van der Waals surface area contributed by atoms with E-state index in [1.54, 1.807) is 0 Å². The summed E-state index contributed by atoms with van der Waals surface area (Å²) in [6, 6.07) is 0. The summed E-state index contributed by atoms with van der Waals surface area (Å²) in [4.78, 5) is 0. The van der Waals surface area contributed by atoms with Crippen LogP contribution in [-0.2, 0) is 4.74 Å². The topological polar surface area (TPSA) is 9.23 Å². The predicted molar refractivity (Wildman–Crippen MR) is 92.4 cm³/mol. The summed E-state index contributed by atoms with van der Waals surface area (Å²) in [5.74, 6) is 1.98. The molecule has 1 saturated heterocycles. The summed E-state index contributed by atoms with van der Waals surface area (Å²) >= 11 is 7.53. The van der Waals surface area contributed by atoms with Gasteiger partial charge in [0.15, 0.2) is 0 Å². The zero-order chi connectivity index (χ0) is 14.5.